The van der Waals surface area contributed by atoms with Crippen LogP contribution in [-0.4, -0.2) is 52.6 Å². The van der Waals surface area contributed by atoms with Gasteiger partial charge in [0, 0.05) is 31.5 Å². The van der Waals surface area contributed by atoms with Crippen molar-refractivity contribution in [2.75, 3.05) is 33.2 Å². The van der Waals surface area contributed by atoms with Crippen molar-refractivity contribution in [1.82, 2.24) is 19.4 Å². The molecule has 0 radical (unpaired) electrons. The summed E-state index contributed by atoms with van der Waals surface area (Å²) >= 11 is 0. The molecule has 1 aromatic heterocycles. The van der Waals surface area contributed by atoms with Gasteiger partial charge in [-0.3, -0.25) is 4.90 Å². The van der Waals surface area contributed by atoms with Gasteiger partial charge in [0.25, 0.3) is 0 Å². The summed E-state index contributed by atoms with van der Waals surface area (Å²) in [5, 5.41) is 0. The molecule has 2 heterocycles. The van der Waals surface area contributed by atoms with Gasteiger partial charge in [-0.05, 0) is 52.7 Å². The minimum absolute atomic E-state index is 0.489. The van der Waals surface area contributed by atoms with E-state index in [1.165, 1.54) is 38.3 Å². The molecule has 0 amide bonds. The minimum Gasteiger partial charge on any atom is -0.331 e. The smallest absolute Gasteiger partial charge is 0.123 e. The molecule has 1 fully saturated rings. The second kappa shape index (κ2) is 7.23. The summed E-state index contributed by atoms with van der Waals surface area (Å²) in [6, 6.07) is 0.489. The molecule has 0 bridgehead atoms. The molecule has 114 valence electrons. The van der Waals surface area contributed by atoms with E-state index in [1.54, 1.807) is 0 Å². The van der Waals surface area contributed by atoms with Crippen LogP contribution in [0, 0.1) is 5.92 Å². The van der Waals surface area contributed by atoms with Crippen LogP contribution in [0.1, 0.15) is 45.5 Å². The zero-order valence-corrected chi connectivity index (χ0v) is 13.5. The van der Waals surface area contributed by atoms with Crippen LogP contribution in [0.2, 0.25) is 0 Å². The summed E-state index contributed by atoms with van der Waals surface area (Å²) in [4.78, 5) is 9.51. The van der Waals surface area contributed by atoms with E-state index in [-0.39, 0.29) is 0 Å². The monoisotopic (exact) mass is 278 g/mol. The normalized spacial score (nSPS) is 18.3. The first-order valence-electron chi connectivity index (χ1n) is 7.99. The second-order valence-electron chi connectivity index (χ2n) is 6.65. The van der Waals surface area contributed by atoms with Gasteiger partial charge in [0.2, 0.25) is 0 Å². The lowest BCUT2D eigenvalue weighted by molar-refractivity contribution is 0.216. The van der Waals surface area contributed by atoms with Crippen LogP contribution in [0.15, 0.2) is 12.4 Å². The summed E-state index contributed by atoms with van der Waals surface area (Å²) < 4.78 is 2.27. The molecular weight excluding hydrogens is 248 g/mol. The van der Waals surface area contributed by atoms with Gasteiger partial charge < -0.3 is 9.47 Å². The second-order valence-corrected chi connectivity index (χ2v) is 6.65. The summed E-state index contributed by atoms with van der Waals surface area (Å²) in [6.07, 6.45) is 6.76. The zero-order chi connectivity index (χ0) is 14.5. The minimum atomic E-state index is 0.489. The van der Waals surface area contributed by atoms with Gasteiger partial charge in [-0.2, -0.15) is 0 Å². The summed E-state index contributed by atoms with van der Waals surface area (Å²) in [6.45, 7) is 12.7. The van der Waals surface area contributed by atoms with E-state index < -0.39 is 0 Å². The van der Waals surface area contributed by atoms with E-state index in [2.05, 4.69) is 53.4 Å². The standard InChI is InChI=1S/C16H30N4/c1-14(2)20-10-7-17-16(20)13-18(4)11-15(3)12-19-8-5-6-9-19/h7,10,14-15H,5-6,8-9,11-13H2,1-4H3/t15-/m1/s1. The van der Waals surface area contributed by atoms with Crippen molar-refractivity contribution in [3.05, 3.63) is 18.2 Å². The Kier molecular flexibility index (Phi) is 5.61. The van der Waals surface area contributed by atoms with Crippen molar-refractivity contribution >= 4 is 0 Å². The fourth-order valence-electron chi connectivity index (χ4n) is 3.24. The number of rotatable bonds is 7. The molecule has 1 aliphatic heterocycles. The average molecular weight is 278 g/mol. The van der Waals surface area contributed by atoms with Gasteiger partial charge in [0.1, 0.15) is 5.82 Å². The Morgan fingerprint density at radius 1 is 1.25 bits per heavy atom. The third kappa shape index (κ3) is 4.32. The van der Waals surface area contributed by atoms with Crippen molar-refractivity contribution in [2.24, 2.45) is 5.92 Å². The average Bonchev–Trinajstić information content (AvgIpc) is 2.99. The largest absolute Gasteiger partial charge is 0.331 e. The summed E-state index contributed by atoms with van der Waals surface area (Å²) in [5.74, 6) is 1.90. The first-order chi connectivity index (χ1) is 9.56. The lowest BCUT2D eigenvalue weighted by Crippen LogP contribution is -2.33. The Hall–Kier alpha value is -0.870. The number of likely N-dealkylation sites (tertiary alicyclic amines) is 1. The highest BCUT2D eigenvalue weighted by atomic mass is 15.2. The molecule has 1 aliphatic rings. The third-order valence-corrected chi connectivity index (χ3v) is 4.11. The van der Waals surface area contributed by atoms with Crippen molar-refractivity contribution < 1.29 is 0 Å². The quantitative estimate of drug-likeness (QED) is 0.766. The Balaban J connectivity index is 1.79. The highest BCUT2D eigenvalue weighted by molar-refractivity contribution is 4.94. The lowest BCUT2D eigenvalue weighted by atomic mass is 10.1. The van der Waals surface area contributed by atoms with Gasteiger partial charge in [0.15, 0.2) is 0 Å². The molecule has 0 spiro atoms. The molecule has 0 aliphatic carbocycles. The Bertz CT molecular complexity index is 393. The van der Waals surface area contributed by atoms with Gasteiger partial charge in [-0.25, -0.2) is 4.98 Å². The number of hydrogen-bond acceptors (Lipinski definition) is 3. The highest BCUT2D eigenvalue weighted by Gasteiger charge is 2.16. The van der Waals surface area contributed by atoms with E-state index in [1.807, 2.05) is 6.20 Å². The SMILES string of the molecule is CC(C)n1ccnc1CN(C)C[C@@H](C)CN1CCCC1. The molecule has 0 saturated carbocycles. The number of hydrogen-bond donors (Lipinski definition) is 0. The van der Waals surface area contributed by atoms with Crippen LogP contribution >= 0.6 is 0 Å². The molecule has 2 rings (SSSR count). The molecular formula is C16H30N4. The fourth-order valence-corrected chi connectivity index (χ4v) is 3.24. The van der Waals surface area contributed by atoms with Crippen LogP contribution in [0.4, 0.5) is 0 Å². The van der Waals surface area contributed by atoms with Crippen LogP contribution in [0.5, 0.6) is 0 Å². The first kappa shape index (κ1) is 15.5. The predicted octanol–water partition coefficient (Wildman–Crippen LogP) is 2.63. The molecule has 0 unspecified atom stereocenters. The van der Waals surface area contributed by atoms with Gasteiger partial charge in [-0.1, -0.05) is 6.92 Å². The molecule has 20 heavy (non-hydrogen) atoms. The first-order valence-corrected chi connectivity index (χ1v) is 7.99. The summed E-state index contributed by atoms with van der Waals surface area (Å²) in [7, 11) is 2.21. The molecule has 4 nitrogen and oxygen atoms in total. The van der Waals surface area contributed by atoms with Crippen LogP contribution in [-0.2, 0) is 6.54 Å². The van der Waals surface area contributed by atoms with Crippen LogP contribution in [0.3, 0.4) is 0 Å². The molecule has 0 N–H and O–H groups in total. The molecule has 1 atom stereocenters. The maximum Gasteiger partial charge on any atom is 0.123 e. The summed E-state index contributed by atoms with van der Waals surface area (Å²) in [5.41, 5.74) is 0. The van der Waals surface area contributed by atoms with Gasteiger partial charge in [-0.15, -0.1) is 0 Å². The van der Waals surface area contributed by atoms with E-state index in [0.717, 1.165) is 19.0 Å². The Labute approximate surface area is 123 Å². The Morgan fingerprint density at radius 2 is 1.95 bits per heavy atom. The molecule has 1 saturated heterocycles. The van der Waals surface area contributed by atoms with E-state index in [0.29, 0.717) is 6.04 Å². The predicted molar refractivity (Wildman–Crippen MR) is 83.8 cm³/mol. The highest BCUT2D eigenvalue weighted by Crippen LogP contribution is 2.13. The maximum atomic E-state index is 4.50. The third-order valence-electron chi connectivity index (χ3n) is 4.11. The Morgan fingerprint density at radius 3 is 2.60 bits per heavy atom. The number of nitrogens with zero attached hydrogens (tertiary/aromatic N) is 4. The van der Waals surface area contributed by atoms with Crippen molar-refractivity contribution in [3.8, 4) is 0 Å². The molecule has 1 aromatic rings. The number of aromatic nitrogens is 2. The van der Waals surface area contributed by atoms with Crippen molar-refractivity contribution in [1.29, 1.82) is 0 Å². The lowest BCUT2D eigenvalue weighted by Gasteiger charge is -2.25. The van der Waals surface area contributed by atoms with E-state index in [4.69, 9.17) is 0 Å². The zero-order valence-electron chi connectivity index (χ0n) is 13.5. The van der Waals surface area contributed by atoms with E-state index >= 15 is 0 Å². The maximum absolute atomic E-state index is 4.50. The van der Waals surface area contributed by atoms with E-state index in [9.17, 15) is 0 Å². The van der Waals surface area contributed by atoms with Crippen molar-refractivity contribution in [3.63, 3.8) is 0 Å². The van der Waals surface area contributed by atoms with Crippen molar-refractivity contribution in [2.45, 2.75) is 46.2 Å². The van der Waals surface area contributed by atoms with Crippen LogP contribution < -0.4 is 0 Å². The molecule has 0 aromatic carbocycles. The number of imidazole rings is 1. The molecule has 4 heteroatoms. The van der Waals surface area contributed by atoms with Crippen LogP contribution in [0.25, 0.3) is 0 Å². The van der Waals surface area contributed by atoms with Gasteiger partial charge in [0.05, 0.1) is 6.54 Å². The fraction of sp³-hybridized carbons (Fsp3) is 0.812. The van der Waals surface area contributed by atoms with Gasteiger partial charge >= 0.3 is 0 Å². The topological polar surface area (TPSA) is 24.3 Å².